The van der Waals surface area contributed by atoms with Crippen LogP contribution in [0.1, 0.15) is 17.5 Å². The number of rotatable bonds is 7. The first-order chi connectivity index (χ1) is 30.2. The Bertz CT molecular complexity index is 3450. The van der Waals surface area contributed by atoms with Crippen molar-refractivity contribution in [2.24, 2.45) is 0 Å². The molecule has 61 heavy (non-hydrogen) atoms. The van der Waals surface area contributed by atoms with Crippen molar-refractivity contribution in [2.75, 3.05) is 4.90 Å². The monoisotopic (exact) mass is 781 g/mol. The standard InChI is InChI=1S/C57H39N3O/c1-3-15-41(16-4-1)57-58-55-49-22-10-8-17-42(49)36-51(56(55)61-57)40-28-32-45(33-29-40)59(44-30-26-39(27-31-44)48-24-13-18-38-14-7-9-21-47(38)48)46-34-35-54-52(37-46)50-23-11-12-25-53(50)60(54)43-19-5-2-6-20-43/h1-7,9-16,18-37H,8,17H2. The minimum absolute atomic E-state index is 0.642. The van der Waals surface area contributed by atoms with Crippen LogP contribution < -0.4 is 4.90 Å². The predicted octanol–water partition coefficient (Wildman–Crippen LogP) is 15.5. The summed E-state index contributed by atoms with van der Waals surface area (Å²) in [4.78, 5) is 7.47. The fraction of sp³-hybridized carbons (Fsp3) is 0.0351. The van der Waals surface area contributed by atoms with Gasteiger partial charge in [-0.2, -0.15) is 0 Å². The van der Waals surface area contributed by atoms with Gasteiger partial charge in [0.1, 0.15) is 5.52 Å². The quantitative estimate of drug-likeness (QED) is 0.161. The van der Waals surface area contributed by atoms with Crippen LogP contribution in [-0.4, -0.2) is 9.55 Å². The molecule has 0 fully saturated rings. The Hall–Kier alpha value is -7.95. The highest BCUT2D eigenvalue weighted by atomic mass is 16.3. The zero-order chi connectivity index (χ0) is 40.3. The van der Waals surface area contributed by atoms with Crippen LogP contribution in [0.25, 0.3) is 89.1 Å². The van der Waals surface area contributed by atoms with Gasteiger partial charge in [-0.1, -0.05) is 133 Å². The van der Waals surface area contributed by atoms with E-state index in [0.29, 0.717) is 5.89 Å². The normalized spacial score (nSPS) is 12.4. The van der Waals surface area contributed by atoms with Crippen LogP contribution in [0.5, 0.6) is 0 Å². The highest BCUT2D eigenvalue weighted by Crippen LogP contribution is 2.43. The van der Waals surface area contributed by atoms with Crippen LogP contribution in [-0.2, 0) is 6.42 Å². The van der Waals surface area contributed by atoms with Gasteiger partial charge in [-0.15, -0.1) is 0 Å². The molecule has 1 aliphatic rings. The van der Waals surface area contributed by atoms with Crippen LogP contribution in [0.4, 0.5) is 17.1 Å². The van der Waals surface area contributed by atoms with Crippen LogP contribution >= 0.6 is 0 Å². The molecule has 4 heteroatoms. The van der Waals surface area contributed by atoms with Gasteiger partial charge < -0.3 is 13.9 Å². The molecule has 0 saturated carbocycles. The number of hydrogen-bond donors (Lipinski definition) is 0. The van der Waals surface area contributed by atoms with Gasteiger partial charge in [0.25, 0.3) is 0 Å². The molecular weight excluding hydrogens is 743 g/mol. The summed E-state index contributed by atoms with van der Waals surface area (Å²) >= 11 is 0. The second-order valence-corrected chi connectivity index (χ2v) is 15.8. The zero-order valence-electron chi connectivity index (χ0n) is 33.4. The lowest BCUT2D eigenvalue weighted by Crippen LogP contribution is -2.10. The number of benzene rings is 9. The van der Waals surface area contributed by atoms with Gasteiger partial charge in [-0.3, -0.25) is 0 Å². The van der Waals surface area contributed by atoms with E-state index in [1.165, 1.54) is 49.3 Å². The minimum Gasteiger partial charge on any atom is -0.435 e. The van der Waals surface area contributed by atoms with Crippen molar-refractivity contribution in [3.63, 3.8) is 0 Å². The molecule has 0 aliphatic heterocycles. The lowest BCUT2D eigenvalue weighted by molar-refractivity contribution is 0.620. The highest BCUT2D eigenvalue weighted by Gasteiger charge is 2.22. The number of anilines is 3. The van der Waals surface area contributed by atoms with E-state index in [1.807, 2.05) is 18.2 Å². The zero-order valence-corrected chi connectivity index (χ0v) is 33.4. The highest BCUT2D eigenvalue weighted by molar-refractivity contribution is 6.11. The molecule has 0 unspecified atom stereocenters. The van der Waals surface area contributed by atoms with E-state index in [-0.39, 0.29) is 0 Å². The molecule has 1 aliphatic carbocycles. The van der Waals surface area contributed by atoms with E-state index in [9.17, 15) is 0 Å². The lowest BCUT2D eigenvalue weighted by Gasteiger charge is -2.26. The van der Waals surface area contributed by atoms with E-state index in [4.69, 9.17) is 9.40 Å². The number of hydrogen-bond acceptors (Lipinski definition) is 3. The molecule has 0 N–H and O–H groups in total. The number of aryl methyl sites for hydroxylation is 1. The number of allylic oxidation sites excluding steroid dienone is 1. The number of para-hydroxylation sites is 2. The Labute approximate surface area is 353 Å². The summed E-state index contributed by atoms with van der Waals surface area (Å²) in [5.41, 5.74) is 16.5. The largest absolute Gasteiger partial charge is 0.435 e. The third-order valence-corrected chi connectivity index (χ3v) is 12.3. The molecular formula is C57H39N3O. The Morgan fingerprint density at radius 2 is 1.13 bits per heavy atom. The van der Waals surface area contributed by atoms with Crippen LogP contribution in [0, 0.1) is 0 Å². The molecule has 0 amide bonds. The Morgan fingerprint density at radius 3 is 1.92 bits per heavy atom. The summed E-state index contributed by atoms with van der Waals surface area (Å²) in [5.74, 6) is 0.642. The number of nitrogens with zero attached hydrogens (tertiary/aromatic N) is 3. The maximum absolute atomic E-state index is 6.65. The molecule has 0 radical (unpaired) electrons. The van der Waals surface area contributed by atoms with E-state index >= 15 is 0 Å². The SMILES string of the molecule is C1=Cc2c(cc(-c3ccc(N(c4ccc(-c5cccc6ccccc56)cc4)c4ccc5c(c4)c4ccccc4n5-c4ccccc4)cc3)c3oc(-c4ccccc4)nc23)CC1. The molecule has 0 saturated heterocycles. The second kappa shape index (κ2) is 14.4. The lowest BCUT2D eigenvalue weighted by atomic mass is 9.91. The predicted molar refractivity (Wildman–Crippen MR) is 254 cm³/mol. The third-order valence-electron chi connectivity index (χ3n) is 12.3. The van der Waals surface area contributed by atoms with E-state index < -0.39 is 0 Å². The Balaban J connectivity index is 1.01. The van der Waals surface area contributed by atoms with Gasteiger partial charge in [0.2, 0.25) is 5.89 Å². The Morgan fingerprint density at radius 1 is 0.492 bits per heavy atom. The maximum atomic E-state index is 6.65. The van der Waals surface area contributed by atoms with Crippen molar-refractivity contribution in [2.45, 2.75) is 12.8 Å². The van der Waals surface area contributed by atoms with E-state index in [1.54, 1.807) is 0 Å². The van der Waals surface area contributed by atoms with Crippen molar-refractivity contribution < 1.29 is 4.42 Å². The molecule has 288 valence electrons. The molecule has 0 atom stereocenters. The van der Waals surface area contributed by atoms with Crippen molar-refractivity contribution in [1.29, 1.82) is 0 Å². The van der Waals surface area contributed by atoms with Gasteiger partial charge in [0.15, 0.2) is 5.58 Å². The topological polar surface area (TPSA) is 34.2 Å². The van der Waals surface area contributed by atoms with Crippen LogP contribution in [0.15, 0.2) is 211 Å². The fourth-order valence-electron chi connectivity index (χ4n) is 9.37. The molecule has 0 spiro atoms. The Kier molecular flexibility index (Phi) is 8.27. The summed E-state index contributed by atoms with van der Waals surface area (Å²) in [6.45, 7) is 0. The summed E-state index contributed by atoms with van der Waals surface area (Å²) in [6, 6.07) is 71.9. The molecule has 4 nitrogen and oxygen atoms in total. The van der Waals surface area contributed by atoms with Gasteiger partial charge in [-0.25, -0.2) is 4.98 Å². The molecule has 0 bridgehead atoms. The second-order valence-electron chi connectivity index (χ2n) is 15.8. The van der Waals surface area contributed by atoms with Gasteiger partial charge >= 0.3 is 0 Å². The molecule has 2 heterocycles. The number of aromatic nitrogens is 2. The van der Waals surface area contributed by atoms with Crippen molar-refractivity contribution in [1.82, 2.24) is 9.55 Å². The van der Waals surface area contributed by atoms with Gasteiger partial charge in [-0.05, 0) is 125 Å². The maximum Gasteiger partial charge on any atom is 0.227 e. The van der Waals surface area contributed by atoms with Crippen molar-refractivity contribution in [3.8, 4) is 39.4 Å². The average Bonchev–Trinajstić information content (AvgIpc) is 3.93. The van der Waals surface area contributed by atoms with Gasteiger partial charge in [0, 0.05) is 50.2 Å². The summed E-state index contributed by atoms with van der Waals surface area (Å²) in [7, 11) is 0. The molecule has 11 aromatic rings. The molecule has 12 rings (SSSR count). The van der Waals surface area contributed by atoms with Gasteiger partial charge in [0.05, 0.1) is 11.0 Å². The van der Waals surface area contributed by atoms with Crippen molar-refractivity contribution >= 4 is 66.8 Å². The minimum atomic E-state index is 0.642. The molecule has 2 aromatic heterocycles. The summed E-state index contributed by atoms with van der Waals surface area (Å²) < 4.78 is 9.02. The molecule has 9 aromatic carbocycles. The third kappa shape index (κ3) is 5.95. The first-order valence-corrected chi connectivity index (χ1v) is 21.0. The van der Waals surface area contributed by atoms with Crippen LogP contribution in [0.2, 0.25) is 0 Å². The smallest absolute Gasteiger partial charge is 0.227 e. The number of fused-ring (bicyclic) bond motifs is 7. The van der Waals surface area contributed by atoms with Crippen molar-refractivity contribution in [3.05, 3.63) is 217 Å². The summed E-state index contributed by atoms with van der Waals surface area (Å²) in [6.07, 6.45) is 6.45. The number of oxazole rings is 1. The average molecular weight is 782 g/mol. The van der Waals surface area contributed by atoms with Crippen LogP contribution in [0.3, 0.4) is 0 Å². The summed E-state index contributed by atoms with van der Waals surface area (Å²) in [5, 5.41) is 4.91. The van der Waals surface area contributed by atoms with E-state index in [0.717, 1.165) is 68.9 Å². The fourth-order valence-corrected chi connectivity index (χ4v) is 9.37. The van der Waals surface area contributed by atoms with E-state index in [2.05, 4.69) is 204 Å². The first kappa shape index (κ1) is 35.0. The first-order valence-electron chi connectivity index (χ1n) is 21.0.